The highest BCUT2D eigenvalue weighted by Gasteiger charge is 2.23. The lowest BCUT2D eigenvalue weighted by atomic mass is 9.87. The fourth-order valence-electron chi connectivity index (χ4n) is 3.81. The number of fused-ring (bicyclic) bond motifs is 2. The summed E-state index contributed by atoms with van der Waals surface area (Å²) in [7, 11) is 0. The molecule has 4 rings (SSSR count). The summed E-state index contributed by atoms with van der Waals surface area (Å²) < 4.78 is 0. The van der Waals surface area contributed by atoms with E-state index in [-0.39, 0.29) is 0 Å². The highest BCUT2D eigenvalue weighted by Crippen LogP contribution is 2.44. The van der Waals surface area contributed by atoms with Crippen molar-refractivity contribution in [3.63, 3.8) is 0 Å². The lowest BCUT2D eigenvalue weighted by molar-refractivity contribution is 0.867. The molecular formula is C22H20. The van der Waals surface area contributed by atoms with E-state index in [0.717, 1.165) is 6.42 Å². The summed E-state index contributed by atoms with van der Waals surface area (Å²) in [4.78, 5) is 0. The second-order valence-electron chi connectivity index (χ2n) is 6.13. The Morgan fingerprint density at radius 2 is 1.55 bits per heavy atom. The van der Waals surface area contributed by atoms with Crippen molar-refractivity contribution in [2.24, 2.45) is 0 Å². The van der Waals surface area contributed by atoms with Crippen LogP contribution >= 0.6 is 0 Å². The summed E-state index contributed by atoms with van der Waals surface area (Å²) in [6, 6.07) is 22.0. The van der Waals surface area contributed by atoms with Crippen LogP contribution in [0.4, 0.5) is 0 Å². The smallest absolute Gasteiger partial charge is 0.00351 e. The minimum atomic E-state index is 0.523. The molecule has 1 unspecified atom stereocenters. The van der Waals surface area contributed by atoms with Crippen molar-refractivity contribution in [2.45, 2.75) is 26.2 Å². The monoisotopic (exact) mass is 284 g/mol. The molecule has 0 amide bonds. The minimum absolute atomic E-state index is 0.523. The van der Waals surface area contributed by atoms with Crippen molar-refractivity contribution in [3.8, 4) is 11.1 Å². The lowest BCUT2D eigenvalue weighted by Crippen LogP contribution is -1.96. The maximum absolute atomic E-state index is 2.38. The molecule has 0 N–H and O–H groups in total. The lowest BCUT2D eigenvalue weighted by Gasteiger charge is -2.16. The summed E-state index contributed by atoms with van der Waals surface area (Å²) in [5, 5.41) is 2.66. The second-order valence-corrected chi connectivity index (χ2v) is 6.13. The van der Waals surface area contributed by atoms with Gasteiger partial charge in [-0.1, -0.05) is 86.2 Å². The van der Waals surface area contributed by atoms with Crippen LogP contribution in [0.25, 0.3) is 28.0 Å². The average molecular weight is 284 g/mol. The SMILES string of the molecule is CCC1=Cc2cccc(-c3cccc4ccccc34)c2C1C. The standard InChI is InChI=1S/C22H20/c1-3-16-14-18-10-7-13-21(22(18)15(16)2)20-12-6-9-17-8-4-5-11-19(17)20/h4-15H,3H2,1-2H3. The zero-order valence-electron chi connectivity index (χ0n) is 13.1. The molecule has 0 saturated carbocycles. The maximum atomic E-state index is 2.38. The van der Waals surface area contributed by atoms with E-state index in [1.165, 1.54) is 33.0 Å². The van der Waals surface area contributed by atoms with Gasteiger partial charge < -0.3 is 0 Å². The Labute approximate surface area is 132 Å². The first-order chi connectivity index (χ1) is 10.8. The number of allylic oxidation sites excluding steroid dienone is 1. The predicted molar refractivity (Wildman–Crippen MR) is 96.1 cm³/mol. The van der Waals surface area contributed by atoms with Crippen molar-refractivity contribution in [1.29, 1.82) is 0 Å². The maximum Gasteiger partial charge on any atom is 0.00351 e. The minimum Gasteiger partial charge on any atom is -0.0626 e. The molecule has 108 valence electrons. The number of rotatable bonds is 2. The zero-order valence-corrected chi connectivity index (χ0v) is 13.1. The molecule has 0 bridgehead atoms. The van der Waals surface area contributed by atoms with E-state index in [2.05, 4.69) is 80.6 Å². The molecule has 0 aromatic heterocycles. The first-order valence-corrected chi connectivity index (χ1v) is 8.11. The van der Waals surface area contributed by atoms with Gasteiger partial charge in [0.05, 0.1) is 0 Å². The molecule has 22 heavy (non-hydrogen) atoms. The van der Waals surface area contributed by atoms with E-state index in [4.69, 9.17) is 0 Å². The van der Waals surface area contributed by atoms with E-state index in [0.29, 0.717) is 5.92 Å². The highest BCUT2D eigenvalue weighted by molar-refractivity contribution is 5.98. The molecule has 1 atom stereocenters. The van der Waals surface area contributed by atoms with Crippen LogP contribution in [0.2, 0.25) is 0 Å². The van der Waals surface area contributed by atoms with Crippen molar-refractivity contribution < 1.29 is 0 Å². The third-order valence-electron chi connectivity index (χ3n) is 4.96. The summed E-state index contributed by atoms with van der Waals surface area (Å²) in [6.07, 6.45) is 3.51. The Balaban J connectivity index is 1.98. The van der Waals surface area contributed by atoms with E-state index in [9.17, 15) is 0 Å². The van der Waals surface area contributed by atoms with Crippen LogP contribution in [0.15, 0.2) is 66.2 Å². The Morgan fingerprint density at radius 3 is 2.41 bits per heavy atom. The normalized spacial score (nSPS) is 16.6. The Morgan fingerprint density at radius 1 is 0.818 bits per heavy atom. The summed E-state index contributed by atoms with van der Waals surface area (Å²) >= 11 is 0. The molecular weight excluding hydrogens is 264 g/mol. The summed E-state index contributed by atoms with van der Waals surface area (Å²) in [5.74, 6) is 0.523. The van der Waals surface area contributed by atoms with E-state index in [1.807, 2.05) is 0 Å². The van der Waals surface area contributed by atoms with Gasteiger partial charge in [-0.2, -0.15) is 0 Å². The number of benzene rings is 3. The molecule has 3 aromatic rings. The van der Waals surface area contributed by atoms with Gasteiger partial charge in [0.2, 0.25) is 0 Å². The van der Waals surface area contributed by atoms with Crippen LogP contribution in [0.3, 0.4) is 0 Å². The highest BCUT2D eigenvalue weighted by atomic mass is 14.3. The van der Waals surface area contributed by atoms with Gasteiger partial charge in [-0.05, 0) is 39.4 Å². The van der Waals surface area contributed by atoms with Gasteiger partial charge in [-0.15, -0.1) is 0 Å². The first-order valence-electron chi connectivity index (χ1n) is 8.11. The third kappa shape index (κ3) is 1.91. The Hall–Kier alpha value is -2.34. The summed E-state index contributed by atoms with van der Waals surface area (Å²) in [6.45, 7) is 4.60. The summed E-state index contributed by atoms with van der Waals surface area (Å²) in [5.41, 5.74) is 7.18. The quantitative estimate of drug-likeness (QED) is 0.509. The topological polar surface area (TPSA) is 0 Å². The molecule has 0 saturated heterocycles. The molecule has 0 spiro atoms. The van der Waals surface area contributed by atoms with Crippen LogP contribution < -0.4 is 0 Å². The van der Waals surface area contributed by atoms with Crippen molar-refractivity contribution in [3.05, 3.63) is 77.4 Å². The van der Waals surface area contributed by atoms with Crippen molar-refractivity contribution in [2.75, 3.05) is 0 Å². The van der Waals surface area contributed by atoms with Crippen molar-refractivity contribution >= 4 is 16.8 Å². The van der Waals surface area contributed by atoms with Crippen LogP contribution in [0, 0.1) is 0 Å². The zero-order chi connectivity index (χ0) is 15.1. The molecule has 0 aliphatic heterocycles. The van der Waals surface area contributed by atoms with Crippen LogP contribution in [-0.2, 0) is 0 Å². The van der Waals surface area contributed by atoms with Gasteiger partial charge in [0.15, 0.2) is 0 Å². The molecule has 0 fully saturated rings. The van der Waals surface area contributed by atoms with E-state index in [1.54, 1.807) is 5.57 Å². The van der Waals surface area contributed by atoms with Gasteiger partial charge in [-0.25, -0.2) is 0 Å². The van der Waals surface area contributed by atoms with Crippen LogP contribution in [-0.4, -0.2) is 0 Å². The molecule has 3 aromatic carbocycles. The van der Waals surface area contributed by atoms with E-state index < -0.39 is 0 Å². The fourth-order valence-corrected chi connectivity index (χ4v) is 3.81. The molecule has 1 aliphatic rings. The molecule has 0 heteroatoms. The Kier molecular flexibility index (Phi) is 3.11. The molecule has 1 aliphatic carbocycles. The Bertz CT molecular complexity index is 878. The van der Waals surface area contributed by atoms with Crippen LogP contribution in [0.5, 0.6) is 0 Å². The fraction of sp³-hybridized carbons (Fsp3) is 0.182. The first kappa shape index (κ1) is 13.3. The predicted octanol–water partition coefficient (Wildman–Crippen LogP) is 6.42. The largest absolute Gasteiger partial charge is 0.0626 e. The van der Waals surface area contributed by atoms with Gasteiger partial charge in [0, 0.05) is 5.92 Å². The van der Waals surface area contributed by atoms with Gasteiger partial charge in [-0.3, -0.25) is 0 Å². The van der Waals surface area contributed by atoms with Gasteiger partial charge in [0.25, 0.3) is 0 Å². The van der Waals surface area contributed by atoms with E-state index >= 15 is 0 Å². The molecule has 0 nitrogen and oxygen atoms in total. The van der Waals surface area contributed by atoms with Crippen LogP contribution in [0.1, 0.15) is 37.3 Å². The van der Waals surface area contributed by atoms with Crippen molar-refractivity contribution in [1.82, 2.24) is 0 Å². The van der Waals surface area contributed by atoms with Gasteiger partial charge >= 0.3 is 0 Å². The average Bonchev–Trinajstić information content (AvgIpc) is 2.91. The molecule has 0 heterocycles. The van der Waals surface area contributed by atoms with Gasteiger partial charge in [0.1, 0.15) is 0 Å². The number of hydrogen-bond donors (Lipinski definition) is 0. The molecule has 0 radical (unpaired) electrons. The third-order valence-corrected chi connectivity index (χ3v) is 4.96. The second kappa shape index (κ2) is 5.14. The number of hydrogen-bond acceptors (Lipinski definition) is 0.